The summed E-state index contributed by atoms with van der Waals surface area (Å²) in [6.07, 6.45) is 7.89. The summed E-state index contributed by atoms with van der Waals surface area (Å²) in [7, 11) is 0. The van der Waals surface area contributed by atoms with Crippen LogP contribution in [0.25, 0.3) is 5.57 Å². The van der Waals surface area contributed by atoms with Gasteiger partial charge in [0, 0.05) is 0 Å². The van der Waals surface area contributed by atoms with Crippen LogP contribution in [0.4, 0.5) is 0 Å². The molecule has 0 aliphatic carbocycles. The average Bonchev–Trinajstić information content (AvgIpc) is 2.26. The van der Waals surface area contributed by atoms with Gasteiger partial charge in [-0.25, -0.2) is 0 Å². The topological polar surface area (TPSA) is 0 Å². The first-order valence-corrected chi connectivity index (χ1v) is 5.68. The molecule has 0 nitrogen and oxygen atoms in total. The van der Waals surface area contributed by atoms with Crippen LogP contribution in [0.3, 0.4) is 0 Å². The van der Waals surface area contributed by atoms with E-state index in [1.54, 1.807) is 0 Å². The largest absolute Gasteiger partial charge is 0.0985 e. The summed E-state index contributed by atoms with van der Waals surface area (Å²) in [6.45, 7) is 8.25. The zero-order valence-corrected chi connectivity index (χ0v) is 9.79. The second kappa shape index (κ2) is 6.23. The second-order valence-electron chi connectivity index (χ2n) is 3.82. The van der Waals surface area contributed by atoms with Crippen LogP contribution in [0.2, 0.25) is 0 Å². The third-order valence-electron chi connectivity index (χ3n) is 2.60. The summed E-state index contributed by atoms with van der Waals surface area (Å²) in [5, 5.41) is 0. The Morgan fingerprint density at radius 3 is 2.67 bits per heavy atom. The molecular formula is C15H20. The van der Waals surface area contributed by atoms with Gasteiger partial charge < -0.3 is 0 Å². The van der Waals surface area contributed by atoms with Crippen molar-refractivity contribution in [2.24, 2.45) is 0 Å². The Hall–Kier alpha value is -1.30. The Kier molecular flexibility index (Phi) is 4.89. The third kappa shape index (κ3) is 3.39. The first-order chi connectivity index (χ1) is 7.29. The molecule has 1 aromatic rings. The van der Waals surface area contributed by atoms with E-state index in [0.29, 0.717) is 0 Å². The number of allylic oxidation sites excluding steroid dienone is 3. The molecule has 0 spiro atoms. The van der Waals surface area contributed by atoms with Gasteiger partial charge in [-0.05, 0) is 30.0 Å². The molecule has 0 aliphatic rings. The molecule has 1 aromatic carbocycles. The fraction of sp³-hybridized carbons (Fsp3) is 0.333. The van der Waals surface area contributed by atoms with E-state index in [2.05, 4.69) is 50.8 Å². The highest BCUT2D eigenvalue weighted by Gasteiger charge is 1.99. The monoisotopic (exact) mass is 200 g/mol. The molecule has 0 radical (unpaired) electrons. The van der Waals surface area contributed by atoms with Gasteiger partial charge in [0.05, 0.1) is 0 Å². The van der Waals surface area contributed by atoms with Crippen LogP contribution in [-0.4, -0.2) is 0 Å². The lowest BCUT2D eigenvalue weighted by Gasteiger charge is -2.06. The van der Waals surface area contributed by atoms with Crippen LogP contribution in [0.15, 0.2) is 43.0 Å². The highest BCUT2D eigenvalue weighted by molar-refractivity contribution is 5.75. The summed E-state index contributed by atoms with van der Waals surface area (Å²) >= 11 is 0. The number of hydrogen-bond acceptors (Lipinski definition) is 0. The molecule has 0 amide bonds. The van der Waals surface area contributed by atoms with Crippen LogP contribution in [0, 0.1) is 6.92 Å². The van der Waals surface area contributed by atoms with Gasteiger partial charge in [-0.1, -0.05) is 62.8 Å². The predicted octanol–water partition coefficient (Wildman–Crippen LogP) is 4.75. The van der Waals surface area contributed by atoms with E-state index < -0.39 is 0 Å². The van der Waals surface area contributed by atoms with Crippen molar-refractivity contribution in [3.63, 3.8) is 0 Å². The molecule has 15 heavy (non-hydrogen) atoms. The van der Waals surface area contributed by atoms with Gasteiger partial charge in [0.2, 0.25) is 0 Å². The SMILES string of the molecule is C=C/C(=C/CCCC)c1ccccc1C. The maximum Gasteiger partial charge on any atom is -0.0158 e. The van der Waals surface area contributed by atoms with Crippen molar-refractivity contribution in [3.05, 3.63) is 54.1 Å². The first kappa shape index (κ1) is 11.8. The fourth-order valence-corrected chi connectivity index (χ4v) is 1.66. The third-order valence-corrected chi connectivity index (χ3v) is 2.60. The molecule has 0 heteroatoms. The van der Waals surface area contributed by atoms with E-state index in [0.717, 1.165) is 6.42 Å². The molecular weight excluding hydrogens is 180 g/mol. The van der Waals surface area contributed by atoms with Crippen molar-refractivity contribution in [2.75, 3.05) is 0 Å². The first-order valence-electron chi connectivity index (χ1n) is 5.68. The minimum atomic E-state index is 1.15. The van der Waals surface area contributed by atoms with Gasteiger partial charge in [-0.15, -0.1) is 0 Å². The molecule has 80 valence electrons. The van der Waals surface area contributed by atoms with Gasteiger partial charge in [-0.3, -0.25) is 0 Å². The Labute approximate surface area is 93.3 Å². The smallest absolute Gasteiger partial charge is 0.0158 e. The summed E-state index contributed by atoms with van der Waals surface area (Å²) in [4.78, 5) is 0. The van der Waals surface area contributed by atoms with E-state index in [4.69, 9.17) is 0 Å². The molecule has 0 aliphatic heterocycles. The summed E-state index contributed by atoms with van der Waals surface area (Å²) in [5.41, 5.74) is 3.89. The Bertz CT molecular complexity index is 345. The predicted molar refractivity (Wildman–Crippen MR) is 68.9 cm³/mol. The van der Waals surface area contributed by atoms with Gasteiger partial charge in [-0.2, -0.15) is 0 Å². The Morgan fingerprint density at radius 1 is 1.33 bits per heavy atom. The van der Waals surface area contributed by atoms with Crippen LogP contribution >= 0.6 is 0 Å². The van der Waals surface area contributed by atoms with E-state index in [9.17, 15) is 0 Å². The van der Waals surface area contributed by atoms with Crippen LogP contribution in [0.5, 0.6) is 0 Å². The van der Waals surface area contributed by atoms with Gasteiger partial charge in [0.15, 0.2) is 0 Å². The van der Waals surface area contributed by atoms with E-state index >= 15 is 0 Å². The van der Waals surface area contributed by atoms with Crippen molar-refractivity contribution in [1.29, 1.82) is 0 Å². The van der Waals surface area contributed by atoms with Crippen molar-refractivity contribution < 1.29 is 0 Å². The fourth-order valence-electron chi connectivity index (χ4n) is 1.66. The zero-order valence-electron chi connectivity index (χ0n) is 9.79. The second-order valence-corrected chi connectivity index (χ2v) is 3.82. The summed E-state index contributed by atoms with van der Waals surface area (Å²) in [5.74, 6) is 0. The normalized spacial score (nSPS) is 11.5. The molecule has 1 rings (SSSR count). The lowest BCUT2D eigenvalue weighted by Crippen LogP contribution is -1.85. The summed E-state index contributed by atoms with van der Waals surface area (Å²) in [6, 6.07) is 8.46. The minimum Gasteiger partial charge on any atom is -0.0985 e. The number of rotatable bonds is 5. The van der Waals surface area contributed by atoms with E-state index in [-0.39, 0.29) is 0 Å². The van der Waals surface area contributed by atoms with Crippen molar-refractivity contribution in [2.45, 2.75) is 33.1 Å². The summed E-state index contributed by atoms with van der Waals surface area (Å²) < 4.78 is 0. The number of unbranched alkanes of at least 4 members (excludes halogenated alkanes) is 2. The molecule has 0 fully saturated rings. The molecule has 0 saturated heterocycles. The molecule has 0 aromatic heterocycles. The van der Waals surface area contributed by atoms with Crippen molar-refractivity contribution in [3.8, 4) is 0 Å². The zero-order chi connectivity index (χ0) is 11.1. The highest BCUT2D eigenvalue weighted by Crippen LogP contribution is 2.20. The highest BCUT2D eigenvalue weighted by atomic mass is 14.0. The maximum absolute atomic E-state index is 3.89. The van der Waals surface area contributed by atoms with E-state index in [1.165, 1.54) is 29.5 Å². The van der Waals surface area contributed by atoms with Crippen molar-refractivity contribution in [1.82, 2.24) is 0 Å². The van der Waals surface area contributed by atoms with E-state index in [1.807, 2.05) is 6.08 Å². The lowest BCUT2D eigenvalue weighted by atomic mass is 9.99. The Balaban J connectivity index is 2.87. The maximum atomic E-state index is 3.89. The lowest BCUT2D eigenvalue weighted by molar-refractivity contribution is 0.816. The van der Waals surface area contributed by atoms with Crippen molar-refractivity contribution >= 4 is 5.57 Å². The van der Waals surface area contributed by atoms with Crippen LogP contribution < -0.4 is 0 Å². The number of hydrogen-bond donors (Lipinski definition) is 0. The molecule has 0 unspecified atom stereocenters. The molecule has 0 heterocycles. The van der Waals surface area contributed by atoms with Gasteiger partial charge >= 0.3 is 0 Å². The minimum absolute atomic E-state index is 1.15. The molecule has 0 saturated carbocycles. The van der Waals surface area contributed by atoms with Gasteiger partial charge in [0.25, 0.3) is 0 Å². The molecule has 0 N–H and O–H groups in total. The number of aryl methyl sites for hydroxylation is 1. The Morgan fingerprint density at radius 2 is 2.07 bits per heavy atom. The van der Waals surface area contributed by atoms with Crippen LogP contribution in [-0.2, 0) is 0 Å². The quantitative estimate of drug-likeness (QED) is 0.475. The van der Waals surface area contributed by atoms with Crippen LogP contribution in [0.1, 0.15) is 37.3 Å². The standard InChI is InChI=1S/C15H20/c1-4-6-7-11-14(5-2)15-12-9-8-10-13(15)3/h5,8-12H,2,4,6-7H2,1,3H3/b14-11-. The average molecular weight is 200 g/mol. The number of benzene rings is 1. The molecule has 0 atom stereocenters. The molecule has 0 bridgehead atoms. The van der Waals surface area contributed by atoms with Gasteiger partial charge in [0.1, 0.15) is 0 Å².